The predicted octanol–water partition coefficient (Wildman–Crippen LogP) is 2.42. The van der Waals surface area contributed by atoms with Crippen LogP contribution in [0.2, 0.25) is 0 Å². The third kappa shape index (κ3) is 4.68. The molecule has 3 nitrogen and oxygen atoms in total. The van der Waals surface area contributed by atoms with Crippen LogP contribution in [0.5, 0.6) is 0 Å². The Hall–Kier alpha value is -1.00. The molecule has 0 amide bonds. The Morgan fingerprint density at radius 2 is 2.31 bits per heavy atom. The van der Waals surface area contributed by atoms with Crippen molar-refractivity contribution < 1.29 is 4.74 Å². The topological polar surface area (TPSA) is 48.1 Å². The molecule has 2 N–H and O–H groups in total. The molecule has 1 aromatic rings. The van der Waals surface area contributed by atoms with Gasteiger partial charge in [-0.3, -0.25) is 4.98 Å². The van der Waals surface area contributed by atoms with Gasteiger partial charge >= 0.3 is 0 Å². The van der Waals surface area contributed by atoms with Crippen LogP contribution in [0.25, 0.3) is 0 Å². The van der Waals surface area contributed by atoms with Gasteiger partial charge in [0.15, 0.2) is 0 Å². The van der Waals surface area contributed by atoms with Crippen LogP contribution in [-0.4, -0.2) is 16.6 Å². The van der Waals surface area contributed by atoms with Crippen molar-refractivity contribution in [1.29, 1.82) is 0 Å². The number of hydrogen-bond donors (Lipinski definition) is 1. The molecule has 0 bridgehead atoms. The van der Waals surface area contributed by atoms with E-state index in [1.807, 2.05) is 12.1 Å². The van der Waals surface area contributed by atoms with Gasteiger partial charge in [0, 0.05) is 12.8 Å². The smallest absolute Gasteiger partial charge is 0.122 e. The van der Waals surface area contributed by atoms with Crippen molar-refractivity contribution in [3.63, 3.8) is 0 Å². The summed E-state index contributed by atoms with van der Waals surface area (Å²) in [4.78, 5) is 4.40. The summed E-state index contributed by atoms with van der Waals surface area (Å²) in [5, 5.41) is 0. The van der Waals surface area contributed by atoms with Crippen LogP contribution >= 0.6 is 12.2 Å². The minimum atomic E-state index is 0.327. The number of thiocarbonyl (C=S) groups is 1. The van der Waals surface area contributed by atoms with Crippen LogP contribution in [0, 0.1) is 0 Å². The van der Waals surface area contributed by atoms with E-state index >= 15 is 0 Å². The molecule has 0 unspecified atom stereocenters. The molecule has 0 radical (unpaired) electrons. The summed E-state index contributed by atoms with van der Waals surface area (Å²) in [5.41, 5.74) is 7.23. The maximum absolute atomic E-state index is 5.54. The zero-order chi connectivity index (χ0) is 11.8. The standard InChI is InChI=1S/C12H18N2OS/c1-2-3-4-7-15-9-10-5-6-14-11(8-10)12(13)16/h5-6,8H,2-4,7,9H2,1H3,(H2,13,16). The lowest BCUT2D eigenvalue weighted by Gasteiger charge is -2.05. The summed E-state index contributed by atoms with van der Waals surface area (Å²) >= 11 is 4.87. The number of unbranched alkanes of at least 4 members (excludes halogenated alkanes) is 2. The first-order valence-corrected chi connectivity index (χ1v) is 5.97. The van der Waals surface area contributed by atoms with Gasteiger partial charge in [-0.15, -0.1) is 0 Å². The van der Waals surface area contributed by atoms with Gasteiger partial charge in [-0.05, 0) is 24.1 Å². The first kappa shape index (κ1) is 13.1. The van der Waals surface area contributed by atoms with Crippen molar-refractivity contribution in [3.8, 4) is 0 Å². The van der Waals surface area contributed by atoms with E-state index in [1.54, 1.807) is 6.20 Å². The predicted molar refractivity (Wildman–Crippen MR) is 69.3 cm³/mol. The Kier molecular flexibility index (Phi) is 5.96. The number of pyridine rings is 1. The Balaban J connectivity index is 2.36. The average molecular weight is 238 g/mol. The van der Waals surface area contributed by atoms with Crippen LogP contribution in [0.4, 0.5) is 0 Å². The summed E-state index contributed by atoms with van der Waals surface area (Å²) in [5.74, 6) is 0. The van der Waals surface area contributed by atoms with Crippen LogP contribution < -0.4 is 5.73 Å². The molecule has 0 saturated carbocycles. The van der Waals surface area contributed by atoms with E-state index in [9.17, 15) is 0 Å². The molecule has 1 heterocycles. The second kappa shape index (κ2) is 7.30. The second-order valence-electron chi connectivity index (χ2n) is 3.67. The van der Waals surface area contributed by atoms with Crippen LogP contribution in [-0.2, 0) is 11.3 Å². The number of aromatic nitrogens is 1. The molecule has 0 spiro atoms. The largest absolute Gasteiger partial charge is 0.388 e. The molecule has 0 aliphatic heterocycles. The summed E-state index contributed by atoms with van der Waals surface area (Å²) in [6.45, 7) is 3.58. The molecule has 16 heavy (non-hydrogen) atoms. The van der Waals surface area contributed by atoms with Crippen LogP contribution in [0.3, 0.4) is 0 Å². The molecule has 0 atom stereocenters. The van der Waals surface area contributed by atoms with E-state index in [-0.39, 0.29) is 0 Å². The maximum Gasteiger partial charge on any atom is 0.122 e. The quantitative estimate of drug-likeness (QED) is 0.585. The molecule has 1 rings (SSSR count). The minimum Gasteiger partial charge on any atom is -0.388 e. The van der Waals surface area contributed by atoms with Gasteiger partial charge in [0.25, 0.3) is 0 Å². The van der Waals surface area contributed by atoms with Gasteiger partial charge in [0.05, 0.1) is 12.3 Å². The van der Waals surface area contributed by atoms with Crippen LogP contribution in [0.1, 0.15) is 37.4 Å². The van der Waals surface area contributed by atoms with E-state index in [0.717, 1.165) is 18.6 Å². The monoisotopic (exact) mass is 238 g/mol. The first-order valence-electron chi connectivity index (χ1n) is 5.56. The molecule has 0 aliphatic carbocycles. The fourth-order valence-corrected chi connectivity index (χ4v) is 1.45. The zero-order valence-corrected chi connectivity index (χ0v) is 10.4. The van der Waals surface area contributed by atoms with Crippen molar-refractivity contribution in [2.45, 2.75) is 32.8 Å². The normalized spacial score (nSPS) is 10.3. The van der Waals surface area contributed by atoms with E-state index in [1.165, 1.54) is 12.8 Å². The van der Waals surface area contributed by atoms with Crippen molar-refractivity contribution in [3.05, 3.63) is 29.6 Å². The second-order valence-corrected chi connectivity index (χ2v) is 4.11. The van der Waals surface area contributed by atoms with Crippen molar-refractivity contribution in [2.75, 3.05) is 6.61 Å². The molecular formula is C12H18N2OS. The third-order valence-electron chi connectivity index (χ3n) is 2.24. The summed E-state index contributed by atoms with van der Waals surface area (Å²) in [7, 11) is 0. The van der Waals surface area contributed by atoms with Crippen molar-refractivity contribution in [1.82, 2.24) is 4.98 Å². The van der Waals surface area contributed by atoms with Crippen molar-refractivity contribution >= 4 is 17.2 Å². The Morgan fingerprint density at radius 3 is 3.00 bits per heavy atom. The maximum atomic E-state index is 5.54. The van der Waals surface area contributed by atoms with Crippen LogP contribution in [0.15, 0.2) is 18.3 Å². The van der Waals surface area contributed by atoms with Gasteiger partial charge in [0.1, 0.15) is 4.99 Å². The van der Waals surface area contributed by atoms with Gasteiger partial charge in [0.2, 0.25) is 0 Å². The lowest BCUT2D eigenvalue weighted by Crippen LogP contribution is -2.11. The fraction of sp³-hybridized carbons (Fsp3) is 0.500. The lowest BCUT2D eigenvalue weighted by atomic mass is 10.2. The average Bonchev–Trinajstić information content (AvgIpc) is 2.29. The van der Waals surface area contributed by atoms with E-state index in [2.05, 4.69) is 11.9 Å². The molecule has 88 valence electrons. The Morgan fingerprint density at radius 1 is 1.50 bits per heavy atom. The SMILES string of the molecule is CCCCCOCc1ccnc(C(N)=S)c1. The number of nitrogens with zero attached hydrogens (tertiary/aromatic N) is 1. The summed E-state index contributed by atoms with van der Waals surface area (Å²) < 4.78 is 5.54. The Bertz CT molecular complexity index is 342. The minimum absolute atomic E-state index is 0.327. The molecule has 0 aliphatic rings. The highest BCUT2D eigenvalue weighted by Crippen LogP contribution is 2.04. The fourth-order valence-electron chi connectivity index (χ4n) is 1.34. The van der Waals surface area contributed by atoms with Gasteiger partial charge < -0.3 is 10.5 Å². The highest BCUT2D eigenvalue weighted by Gasteiger charge is 1.99. The molecular weight excluding hydrogens is 220 g/mol. The third-order valence-corrected chi connectivity index (χ3v) is 2.45. The number of nitrogens with two attached hydrogens (primary N) is 1. The summed E-state index contributed by atoms with van der Waals surface area (Å²) in [6, 6.07) is 3.80. The molecule has 0 saturated heterocycles. The number of ether oxygens (including phenoxy) is 1. The molecule has 4 heteroatoms. The number of hydrogen-bond acceptors (Lipinski definition) is 3. The Labute approximate surface area is 102 Å². The van der Waals surface area contributed by atoms with Gasteiger partial charge in [-0.1, -0.05) is 32.0 Å². The highest BCUT2D eigenvalue weighted by atomic mass is 32.1. The summed E-state index contributed by atoms with van der Waals surface area (Å²) in [6.07, 6.45) is 5.25. The first-order chi connectivity index (χ1) is 7.74. The van der Waals surface area contributed by atoms with Crippen molar-refractivity contribution in [2.24, 2.45) is 5.73 Å². The number of rotatable bonds is 7. The molecule has 0 aromatic carbocycles. The van der Waals surface area contributed by atoms with E-state index < -0.39 is 0 Å². The molecule has 1 aromatic heterocycles. The van der Waals surface area contributed by atoms with E-state index in [0.29, 0.717) is 17.3 Å². The van der Waals surface area contributed by atoms with E-state index in [4.69, 9.17) is 22.7 Å². The van der Waals surface area contributed by atoms with Gasteiger partial charge in [-0.2, -0.15) is 0 Å². The van der Waals surface area contributed by atoms with Gasteiger partial charge in [-0.25, -0.2) is 0 Å². The highest BCUT2D eigenvalue weighted by molar-refractivity contribution is 7.80. The zero-order valence-electron chi connectivity index (χ0n) is 9.61. The lowest BCUT2D eigenvalue weighted by molar-refractivity contribution is 0.117. The molecule has 0 fully saturated rings.